The summed E-state index contributed by atoms with van der Waals surface area (Å²) in [4.78, 5) is 22.0. The number of H-pyrrole nitrogens is 1. The van der Waals surface area contributed by atoms with Gasteiger partial charge in [-0.1, -0.05) is 6.07 Å². The summed E-state index contributed by atoms with van der Waals surface area (Å²) in [5, 5.41) is 1.13. The molecule has 1 aliphatic rings. The summed E-state index contributed by atoms with van der Waals surface area (Å²) in [6.07, 6.45) is 7.87. The highest BCUT2D eigenvalue weighted by Gasteiger charge is 2.22. The number of carbonyl (C=O) groups excluding carboxylic acids is 1. The van der Waals surface area contributed by atoms with Crippen LogP contribution in [0.2, 0.25) is 0 Å². The molecule has 0 unspecified atom stereocenters. The number of nitrogens with zero attached hydrogens (tertiary/aromatic N) is 3. The van der Waals surface area contributed by atoms with Gasteiger partial charge < -0.3 is 14.5 Å². The van der Waals surface area contributed by atoms with Gasteiger partial charge >= 0.3 is 0 Å². The van der Waals surface area contributed by atoms with Gasteiger partial charge in [-0.15, -0.1) is 0 Å². The van der Waals surface area contributed by atoms with Gasteiger partial charge in [0.2, 0.25) is 0 Å². The van der Waals surface area contributed by atoms with Gasteiger partial charge in [-0.2, -0.15) is 0 Å². The minimum absolute atomic E-state index is 0.0814. The summed E-state index contributed by atoms with van der Waals surface area (Å²) in [6, 6.07) is 7.84. The summed E-state index contributed by atoms with van der Waals surface area (Å²) in [5.74, 6) is 1.73. The van der Waals surface area contributed by atoms with Crippen LogP contribution in [0.4, 0.5) is 0 Å². The van der Waals surface area contributed by atoms with E-state index in [0.29, 0.717) is 5.92 Å². The number of nitrogens with one attached hydrogen (secondary N) is 1. The van der Waals surface area contributed by atoms with Crippen molar-refractivity contribution in [3.05, 3.63) is 54.2 Å². The molecule has 3 aromatic rings. The van der Waals surface area contributed by atoms with Crippen LogP contribution in [0.15, 0.2) is 42.9 Å². The van der Waals surface area contributed by atoms with Gasteiger partial charge in [-0.3, -0.25) is 4.79 Å². The molecule has 5 nitrogen and oxygen atoms in total. The minimum Gasteiger partial charge on any atom is -0.361 e. The van der Waals surface area contributed by atoms with E-state index in [1.165, 1.54) is 0 Å². The van der Waals surface area contributed by atoms with Crippen molar-refractivity contribution < 1.29 is 4.79 Å². The Hall–Kier alpha value is -2.56. The Kier molecular flexibility index (Phi) is 3.41. The lowest BCUT2D eigenvalue weighted by Crippen LogP contribution is -2.35. The Labute approximate surface area is 134 Å². The average molecular weight is 308 g/mol. The average Bonchev–Trinajstić information content (AvgIpc) is 3.21. The molecule has 0 saturated carbocycles. The summed E-state index contributed by atoms with van der Waals surface area (Å²) in [6.45, 7) is 1.72. The second-order valence-corrected chi connectivity index (χ2v) is 6.37. The molecule has 0 spiro atoms. The lowest BCUT2D eigenvalue weighted by atomic mass is 9.98. The number of rotatable bonds is 3. The van der Waals surface area contributed by atoms with E-state index in [1.807, 2.05) is 54.8 Å². The topological polar surface area (TPSA) is 53.9 Å². The summed E-state index contributed by atoms with van der Waals surface area (Å²) < 4.78 is 2.21. The quantitative estimate of drug-likeness (QED) is 0.809. The number of imidazole rings is 1. The van der Waals surface area contributed by atoms with Gasteiger partial charge in [-0.25, -0.2) is 4.98 Å². The van der Waals surface area contributed by atoms with Crippen LogP contribution >= 0.6 is 0 Å². The lowest BCUT2D eigenvalue weighted by molar-refractivity contribution is 0.0760. The third kappa shape index (κ3) is 2.63. The van der Waals surface area contributed by atoms with Gasteiger partial charge in [0.05, 0.1) is 0 Å². The normalized spacial score (nSPS) is 17.2. The number of hydrogen-bond acceptors (Lipinski definition) is 2. The van der Waals surface area contributed by atoms with Gasteiger partial charge in [-0.05, 0) is 35.9 Å². The first-order valence-corrected chi connectivity index (χ1v) is 8.03. The fourth-order valence-corrected chi connectivity index (χ4v) is 3.46. The first kappa shape index (κ1) is 14.1. The maximum absolute atomic E-state index is 12.7. The zero-order valence-electron chi connectivity index (χ0n) is 13.2. The van der Waals surface area contributed by atoms with Crippen molar-refractivity contribution in [1.29, 1.82) is 0 Å². The minimum atomic E-state index is 0.0814. The van der Waals surface area contributed by atoms with E-state index in [2.05, 4.69) is 14.5 Å². The van der Waals surface area contributed by atoms with E-state index in [1.54, 1.807) is 0 Å². The Bertz CT molecular complexity index is 847. The Morgan fingerprint density at radius 2 is 2.35 bits per heavy atom. The molecule has 2 aromatic heterocycles. The molecule has 1 aliphatic heterocycles. The van der Waals surface area contributed by atoms with E-state index in [-0.39, 0.29) is 5.91 Å². The van der Waals surface area contributed by atoms with Crippen LogP contribution < -0.4 is 0 Å². The number of hydrogen-bond donors (Lipinski definition) is 1. The Balaban J connectivity index is 1.46. The van der Waals surface area contributed by atoms with Gasteiger partial charge in [0, 0.05) is 56.2 Å². The van der Waals surface area contributed by atoms with Crippen LogP contribution in [0.1, 0.15) is 22.6 Å². The molecular formula is C18H20N4O. The van der Waals surface area contributed by atoms with E-state index >= 15 is 0 Å². The SMILES string of the molecule is CN(C[C@H]1CCc2nccn2C1)C(=O)c1ccc2cc[nH]c2c1. The fourth-order valence-electron chi connectivity index (χ4n) is 3.46. The molecule has 0 radical (unpaired) electrons. The lowest BCUT2D eigenvalue weighted by Gasteiger charge is -2.28. The predicted octanol–water partition coefficient (Wildman–Crippen LogP) is 2.70. The molecule has 1 aromatic carbocycles. The van der Waals surface area contributed by atoms with E-state index in [4.69, 9.17) is 0 Å². The van der Waals surface area contributed by atoms with Crippen molar-refractivity contribution in [2.75, 3.05) is 13.6 Å². The molecule has 0 aliphatic carbocycles. The molecule has 3 heterocycles. The number of carbonyl (C=O) groups is 1. The number of aromatic amines is 1. The molecular weight excluding hydrogens is 288 g/mol. The van der Waals surface area contributed by atoms with Crippen LogP contribution in [0.5, 0.6) is 0 Å². The van der Waals surface area contributed by atoms with E-state index in [9.17, 15) is 4.79 Å². The second-order valence-electron chi connectivity index (χ2n) is 6.37. The number of benzene rings is 1. The third-order valence-corrected chi connectivity index (χ3v) is 4.71. The number of aryl methyl sites for hydroxylation is 1. The third-order valence-electron chi connectivity index (χ3n) is 4.71. The zero-order chi connectivity index (χ0) is 15.8. The largest absolute Gasteiger partial charge is 0.361 e. The molecule has 23 heavy (non-hydrogen) atoms. The molecule has 4 rings (SSSR count). The van der Waals surface area contributed by atoms with Crippen molar-refractivity contribution in [3.8, 4) is 0 Å². The highest BCUT2D eigenvalue weighted by atomic mass is 16.2. The second kappa shape index (κ2) is 5.57. The molecule has 1 atom stereocenters. The smallest absolute Gasteiger partial charge is 0.253 e. The Morgan fingerprint density at radius 1 is 1.43 bits per heavy atom. The van der Waals surface area contributed by atoms with Crippen molar-refractivity contribution in [2.24, 2.45) is 5.92 Å². The van der Waals surface area contributed by atoms with Crippen LogP contribution in [0.25, 0.3) is 10.9 Å². The molecule has 1 amide bonds. The maximum Gasteiger partial charge on any atom is 0.253 e. The first-order valence-electron chi connectivity index (χ1n) is 8.03. The van der Waals surface area contributed by atoms with Crippen molar-refractivity contribution >= 4 is 16.8 Å². The molecule has 0 bridgehead atoms. The van der Waals surface area contributed by atoms with Gasteiger partial charge in [0.25, 0.3) is 5.91 Å². The van der Waals surface area contributed by atoms with Crippen LogP contribution in [-0.2, 0) is 13.0 Å². The van der Waals surface area contributed by atoms with Crippen LogP contribution in [-0.4, -0.2) is 38.9 Å². The van der Waals surface area contributed by atoms with Crippen molar-refractivity contribution in [3.63, 3.8) is 0 Å². The predicted molar refractivity (Wildman–Crippen MR) is 89.3 cm³/mol. The number of aromatic nitrogens is 3. The van der Waals surface area contributed by atoms with E-state index < -0.39 is 0 Å². The highest BCUT2D eigenvalue weighted by molar-refractivity contribution is 5.97. The number of fused-ring (bicyclic) bond motifs is 2. The molecule has 0 fully saturated rings. The van der Waals surface area contributed by atoms with Crippen molar-refractivity contribution in [1.82, 2.24) is 19.4 Å². The molecule has 5 heteroatoms. The Morgan fingerprint density at radius 3 is 3.26 bits per heavy atom. The molecule has 1 N–H and O–H groups in total. The first-order chi connectivity index (χ1) is 11.2. The van der Waals surface area contributed by atoms with Gasteiger partial charge in [0.15, 0.2) is 0 Å². The number of amides is 1. The molecule has 118 valence electrons. The standard InChI is InChI=1S/C18H20N4O/c1-21(11-13-2-5-17-20-8-9-22(17)12-13)18(23)15-4-3-14-6-7-19-16(14)10-15/h3-4,6-10,13,19H,2,5,11-12H2,1H3/t13-/m1/s1. The summed E-state index contributed by atoms with van der Waals surface area (Å²) in [7, 11) is 1.89. The van der Waals surface area contributed by atoms with Crippen molar-refractivity contribution in [2.45, 2.75) is 19.4 Å². The zero-order valence-corrected chi connectivity index (χ0v) is 13.2. The highest BCUT2D eigenvalue weighted by Crippen LogP contribution is 2.21. The van der Waals surface area contributed by atoms with Gasteiger partial charge in [0.1, 0.15) is 5.82 Å². The van der Waals surface area contributed by atoms with Crippen LogP contribution in [0.3, 0.4) is 0 Å². The summed E-state index contributed by atoms with van der Waals surface area (Å²) >= 11 is 0. The van der Waals surface area contributed by atoms with E-state index in [0.717, 1.165) is 48.2 Å². The molecule has 0 saturated heterocycles. The fraction of sp³-hybridized carbons (Fsp3) is 0.333. The summed E-state index contributed by atoms with van der Waals surface area (Å²) in [5.41, 5.74) is 1.74. The maximum atomic E-state index is 12.7. The monoisotopic (exact) mass is 308 g/mol. The van der Waals surface area contributed by atoms with Crippen LogP contribution in [0, 0.1) is 5.92 Å².